The van der Waals surface area contributed by atoms with E-state index in [2.05, 4.69) is 9.88 Å². The third-order valence-corrected chi connectivity index (χ3v) is 8.84. The van der Waals surface area contributed by atoms with Gasteiger partial charge in [0.2, 0.25) is 0 Å². The number of fused-ring (bicyclic) bond motifs is 1. The van der Waals surface area contributed by atoms with Gasteiger partial charge >= 0.3 is 5.97 Å². The predicted molar refractivity (Wildman–Crippen MR) is 147 cm³/mol. The summed E-state index contributed by atoms with van der Waals surface area (Å²) in [7, 11) is 5.40. The average molecular weight is 514 g/mol. The number of likely N-dealkylation sites (tertiary alicyclic amines) is 1. The van der Waals surface area contributed by atoms with Gasteiger partial charge in [-0.2, -0.15) is 0 Å². The molecule has 2 heterocycles. The maximum atomic E-state index is 16.1. The summed E-state index contributed by atoms with van der Waals surface area (Å²) < 4.78 is 21.5. The maximum absolute atomic E-state index is 16.1. The molecule has 0 spiro atoms. The average Bonchev–Trinajstić information content (AvgIpc) is 2.90. The van der Waals surface area contributed by atoms with Crippen LogP contribution >= 0.6 is 0 Å². The molecule has 6 nitrogen and oxygen atoms in total. The molecule has 0 radical (unpaired) electrons. The minimum absolute atomic E-state index is 0.113. The number of benzene rings is 1. The molecule has 1 atom stereocenters. The number of carboxylic acids is 1. The zero-order chi connectivity index (χ0) is 26.4. The fourth-order valence-electron chi connectivity index (χ4n) is 6.50. The highest BCUT2D eigenvalue weighted by Gasteiger charge is 2.37. The molecule has 7 heteroatoms. The predicted octanol–water partition coefficient (Wildman–Crippen LogP) is 6.63. The van der Waals surface area contributed by atoms with Gasteiger partial charge in [-0.3, -0.25) is 9.78 Å². The Bertz CT molecular complexity index is 1050. The van der Waals surface area contributed by atoms with E-state index in [1.807, 2.05) is 37.2 Å². The Balaban J connectivity index is 1.45. The van der Waals surface area contributed by atoms with E-state index in [-0.39, 0.29) is 11.8 Å². The molecule has 204 valence electrons. The van der Waals surface area contributed by atoms with E-state index >= 15 is 4.39 Å². The second-order valence-electron chi connectivity index (χ2n) is 11.5. The normalized spacial score (nSPS) is 19.6. The van der Waals surface area contributed by atoms with Crippen LogP contribution in [0.1, 0.15) is 82.4 Å². The first-order valence-electron chi connectivity index (χ1n) is 14.0. The molecule has 4 rings (SSSR count). The number of carbonyl (C=O) groups is 1. The summed E-state index contributed by atoms with van der Waals surface area (Å²) in [5, 5.41) is 10.5. The minimum atomic E-state index is -1.22. The van der Waals surface area contributed by atoms with Gasteiger partial charge in [-0.1, -0.05) is 32.1 Å². The summed E-state index contributed by atoms with van der Waals surface area (Å²) in [5.41, 5.74) is 1.74. The lowest BCUT2D eigenvalue weighted by Gasteiger charge is -2.42. The van der Waals surface area contributed by atoms with Crippen LogP contribution in [0.15, 0.2) is 24.4 Å². The van der Waals surface area contributed by atoms with E-state index in [1.165, 1.54) is 38.5 Å². The Hall–Kier alpha value is -2.41. The molecule has 1 aromatic carbocycles. The monoisotopic (exact) mass is 513 g/mol. The Kier molecular flexibility index (Phi) is 9.27. The van der Waals surface area contributed by atoms with Crippen molar-refractivity contribution < 1.29 is 19.0 Å². The summed E-state index contributed by atoms with van der Waals surface area (Å²) in [6.45, 7) is 2.93. The number of piperidine rings is 1. The first-order chi connectivity index (χ1) is 17.8. The van der Waals surface area contributed by atoms with Crippen LogP contribution in [0.5, 0.6) is 5.75 Å². The highest BCUT2D eigenvalue weighted by molar-refractivity contribution is 5.88. The van der Waals surface area contributed by atoms with Crippen molar-refractivity contribution in [2.24, 2.45) is 11.3 Å². The van der Waals surface area contributed by atoms with Gasteiger partial charge in [0.15, 0.2) is 0 Å². The lowest BCUT2D eigenvalue weighted by molar-refractivity contribution is -0.141. The second kappa shape index (κ2) is 12.4. The Morgan fingerprint density at radius 3 is 2.62 bits per heavy atom. The highest BCUT2D eigenvalue weighted by Crippen LogP contribution is 2.44. The van der Waals surface area contributed by atoms with Crippen molar-refractivity contribution in [2.45, 2.75) is 76.8 Å². The number of ether oxygens (including phenoxy) is 1. The summed E-state index contributed by atoms with van der Waals surface area (Å²) in [4.78, 5) is 20.8. The largest absolute Gasteiger partial charge is 0.497 e. The van der Waals surface area contributed by atoms with Crippen molar-refractivity contribution in [3.8, 4) is 5.75 Å². The van der Waals surface area contributed by atoms with Crippen LogP contribution in [0.3, 0.4) is 0 Å². The number of hydrogen-bond donors (Lipinski definition) is 1. The first-order valence-corrected chi connectivity index (χ1v) is 14.0. The van der Waals surface area contributed by atoms with Crippen molar-refractivity contribution in [2.75, 3.05) is 45.7 Å². The number of alkyl halides is 1. The van der Waals surface area contributed by atoms with Crippen molar-refractivity contribution in [1.82, 2.24) is 9.88 Å². The van der Waals surface area contributed by atoms with Crippen LogP contribution in [-0.2, 0) is 4.79 Å². The fraction of sp³-hybridized carbons (Fsp3) is 0.667. The number of pyridine rings is 1. The van der Waals surface area contributed by atoms with E-state index < -0.39 is 12.1 Å². The number of methoxy groups -OCH3 is 1. The van der Waals surface area contributed by atoms with Crippen LogP contribution in [0, 0.1) is 11.3 Å². The Morgan fingerprint density at radius 2 is 1.97 bits per heavy atom. The van der Waals surface area contributed by atoms with E-state index in [1.54, 1.807) is 13.3 Å². The topological polar surface area (TPSA) is 65.9 Å². The van der Waals surface area contributed by atoms with Gasteiger partial charge in [-0.05, 0) is 81.3 Å². The van der Waals surface area contributed by atoms with Crippen molar-refractivity contribution in [3.05, 3.63) is 30.0 Å². The van der Waals surface area contributed by atoms with Gasteiger partial charge in [-0.15, -0.1) is 0 Å². The number of hydrogen-bond acceptors (Lipinski definition) is 5. The van der Waals surface area contributed by atoms with Gasteiger partial charge in [-0.25, -0.2) is 4.39 Å². The number of nitrogens with zero attached hydrogens (tertiary/aromatic N) is 3. The van der Waals surface area contributed by atoms with Gasteiger partial charge in [0.25, 0.3) is 0 Å². The molecule has 1 saturated carbocycles. The SMILES string of the molecule is COc1ccc2ncc(N(C)C)c([C@H](F)CCC3(CC(=O)O)CCN(CCC4CCCCC4)CC3)c2c1. The molecule has 2 aliphatic rings. The summed E-state index contributed by atoms with van der Waals surface area (Å²) >= 11 is 0. The first kappa shape index (κ1) is 27.6. The van der Waals surface area contributed by atoms with Crippen LogP contribution in [0.25, 0.3) is 10.9 Å². The van der Waals surface area contributed by atoms with Crippen molar-refractivity contribution in [1.29, 1.82) is 0 Å². The number of rotatable bonds is 11. The van der Waals surface area contributed by atoms with E-state index in [9.17, 15) is 9.90 Å². The molecule has 1 saturated heterocycles. The van der Waals surface area contributed by atoms with Crippen LogP contribution in [0.4, 0.5) is 10.1 Å². The number of anilines is 1. The lowest BCUT2D eigenvalue weighted by Crippen LogP contribution is -2.42. The molecule has 37 heavy (non-hydrogen) atoms. The molecule has 1 aromatic heterocycles. The quantitative estimate of drug-likeness (QED) is 0.364. The number of carboxylic acid groups (broad SMARTS) is 1. The van der Waals surface area contributed by atoms with Crippen LogP contribution in [0.2, 0.25) is 0 Å². The molecular formula is C30H44FN3O3. The third-order valence-electron chi connectivity index (χ3n) is 8.84. The van der Waals surface area contributed by atoms with Gasteiger partial charge in [0, 0.05) is 25.0 Å². The van der Waals surface area contributed by atoms with E-state index in [0.717, 1.165) is 55.0 Å². The molecule has 2 aromatic rings. The molecule has 2 fully saturated rings. The summed E-state index contributed by atoms with van der Waals surface area (Å²) in [6, 6.07) is 5.56. The van der Waals surface area contributed by atoms with E-state index in [4.69, 9.17) is 4.74 Å². The van der Waals surface area contributed by atoms with Gasteiger partial charge < -0.3 is 19.6 Å². The second-order valence-corrected chi connectivity index (χ2v) is 11.5. The van der Waals surface area contributed by atoms with Crippen molar-refractivity contribution >= 4 is 22.6 Å². The van der Waals surface area contributed by atoms with Gasteiger partial charge in [0.05, 0.1) is 30.9 Å². The van der Waals surface area contributed by atoms with E-state index in [0.29, 0.717) is 24.2 Å². The number of halogens is 1. The molecular weight excluding hydrogens is 469 g/mol. The zero-order valence-corrected chi connectivity index (χ0v) is 22.8. The van der Waals surface area contributed by atoms with Gasteiger partial charge in [0.1, 0.15) is 11.9 Å². The number of aromatic nitrogens is 1. The van der Waals surface area contributed by atoms with Crippen LogP contribution in [-0.4, -0.2) is 61.8 Å². The third kappa shape index (κ3) is 6.92. The highest BCUT2D eigenvalue weighted by atomic mass is 19.1. The van der Waals surface area contributed by atoms with Crippen molar-refractivity contribution in [3.63, 3.8) is 0 Å². The smallest absolute Gasteiger partial charge is 0.303 e. The summed E-state index contributed by atoms with van der Waals surface area (Å²) in [5.74, 6) is 0.743. The molecule has 1 N–H and O–H groups in total. The molecule has 1 aliphatic heterocycles. The molecule has 0 bridgehead atoms. The Labute approximate surface area is 221 Å². The number of aliphatic carboxylic acids is 1. The molecule has 1 aliphatic carbocycles. The molecule has 0 unspecified atom stereocenters. The Morgan fingerprint density at radius 1 is 1.24 bits per heavy atom. The maximum Gasteiger partial charge on any atom is 0.303 e. The lowest BCUT2D eigenvalue weighted by atomic mass is 9.71. The van der Waals surface area contributed by atoms with Crippen LogP contribution < -0.4 is 9.64 Å². The summed E-state index contributed by atoms with van der Waals surface area (Å²) in [6.07, 6.45) is 11.2. The standard InChI is InChI=1S/C30H44FN3O3/c1-33(2)27-21-32-26-10-9-23(37-3)19-24(26)29(27)25(31)11-13-30(20-28(35)36)14-17-34(18-15-30)16-12-22-7-5-4-6-8-22/h9-10,19,21-22,25H,4-8,11-18,20H2,1-3H3,(H,35,36)/t25-/m1/s1. The molecule has 0 amide bonds. The minimum Gasteiger partial charge on any atom is -0.497 e. The zero-order valence-electron chi connectivity index (χ0n) is 22.8. The fourth-order valence-corrected chi connectivity index (χ4v) is 6.50.